The molecule has 56 valence electrons. The van der Waals surface area contributed by atoms with Crippen LogP contribution in [0.2, 0.25) is 0 Å². The Morgan fingerprint density at radius 2 is 2.30 bits per heavy atom. The zero-order valence-corrected chi connectivity index (χ0v) is 6.39. The Balaban J connectivity index is 2.13. The van der Waals surface area contributed by atoms with Crippen LogP contribution in [0.4, 0.5) is 0 Å². The number of carbonyl (C=O) groups excluding carboxylic acids is 1. The second kappa shape index (κ2) is 1.62. The first-order chi connectivity index (χ1) is 4.58. The van der Waals surface area contributed by atoms with Gasteiger partial charge in [0.1, 0.15) is 6.10 Å². The summed E-state index contributed by atoms with van der Waals surface area (Å²) in [4.78, 5) is 11.1. The van der Waals surface area contributed by atoms with E-state index < -0.39 is 0 Å². The van der Waals surface area contributed by atoms with Gasteiger partial charge in [0.2, 0.25) is 0 Å². The lowest BCUT2D eigenvalue weighted by Crippen LogP contribution is -2.28. The summed E-state index contributed by atoms with van der Waals surface area (Å²) in [6.45, 7) is 4.26. The van der Waals surface area contributed by atoms with Crippen LogP contribution in [0.25, 0.3) is 0 Å². The van der Waals surface area contributed by atoms with Crippen LogP contribution < -0.4 is 0 Å². The number of ketones is 1. The van der Waals surface area contributed by atoms with Crippen LogP contribution in [0.1, 0.15) is 26.7 Å². The quantitative estimate of drug-likeness (QED) is 0.472. The van der Waals surface area contributed by atoms with E-state index in [1.165, 1.54) is 0 Å². The molecule has 0 amide bonds. The molecule has 0 N–H and O–H groups in total. The highest BCUT2D eigenvalue weighted by Gasteiger charge is 2.52. The van der Waals surface area contributed by atoms with Gasteiger partial charge in [-0.2, -0.15) is 0 Å². The molecule has 1 aliphatic carbocycles. The zero-order chi connectivity index (χ0) is 7.35. The molecule has 1 saturated carbocycles. The number of fused-ring (bicyclic) bond motifs is 1. The number of epoxide rings is 1. The van der Waals surface area contributed by atoms with Crippen LogP contribution in [-0.4, -0.2) is 18.0 Å². The molecule has 2 atom stereocenters. The highest BCUT2D eigenvalue weighted by atomic mass is 16.6. The Morgan fingerprint density at radius 1 is 1.60 bits per heavy atom. The molecule has 0 bridgehead atoms. The van der Waals surface area contributed by atoms with E-state index in [1.54, 1.807) is 0 Å². The number of Topliss-reactive ketones (excluding diaryl/α,β-unsaturated/α-hetero) is 1. The SMILES string of the molecule is CC1(C)CC(=O)[C@H]2O[C@H]2C1. The van der Waals surface area contributed by atoms with Crippen molar-refractivity contribution in [1.29, 1.82) is 0 Å². The molecular weight excluding hydrogens is 128 g/mol. The molecule has 2 fully saturated rings. The Kier molecular flexibility index (Phi) is 1.03. The highest BCUT2D eigenvalue weighted by molar-refractivity contribution is 5.87. The van der Waals surface area contributed by atoms with Gasteiger partial charge in [-0.05, 0) is 11.8 Å². The minimum absolute atomic E-state index is 0.00646. The van der Waals surface area contributed by atoms with Crippen LogP contribution in [0.15, 0.2) is 0 Å². The van der Waals surface area contributed by atoms with Crippen LogP contribution >= 0.6 is 0 Å². The van der Waals surface area contributed by atoms with Gasteiger partial charge in [0, 0.05) is 6.42 Å². The van der Waals surface area contributed by atoms with Crippen molar-refractivity contribution < 1.29 is 9.53 Å². The minimum Gasteiger partial charge on any atom is -0.361 e. The van der Waals surface area contributed by atoms with Crippen molar-refractivity contribution in [1.82, 2.24) is 0 Å². The van der Waals surface area contributed by atoms with E-state index in [2.05, 4.69) is 13.8 Å². The van der Waals surface area contributed by atoms with Crippen molar-refractivity contribution in [3.8, 4) is 0 Å². The van der Waals surface area contributed by atoms with Crippen molar-refractivity contribution in [2.75, 3.05) is 0 Å². The molecule has 1 heterocycles. The molecule has 0 spiro atoms. The molecule has 2 heteroatoms. The summed E-state index contributed by atoms with van der Waals surface area (Å²) in [6, 6.07) is 0. The largest absolute Gasteiger partial charge is 0.361 e. The molecule has 0 unspecified atom stereocenters. The third-order valence-electron chi connectivity index (χ3n) is 2.31. The van der Waals surface area contributed by atoms with Gasteiger partial charge < -0.3 is 4.74 Å². The number of rotatable bonds is 0. The van der Waals surface area contributed by atoms with Crippen molar-refractivity contribution in [3.63, 3.8) is 0 Å². The fraction of sp³-hybridized carbons (Fsp3) is 0.875. The summed E-state index contributed by atoms with van der Waals surface area (Å²) in [6.07, 6.45) is 2.03. The lowest BCUT2D eigenvalue weighted by molar-refractivity contribution is -0.122. The summed E-state index contributed by atoms with van der Waals surface area (Å²) in [5.74, 6) is 0.307. The van der Waals surface area contributed by atoms with Crippen molar-refractivity contribution in [2.24, 2.45) is 5.41 Å². The third-order valence-corrected chi connectivity index (χ3v) is 2.31. The second-order valence-electron chi connectivity index (χ2n) is 4.11. The predicted molar refractivity (Wildman–Crippen MR) is 36.7 cm³/mol. The summed E-state index contributed by atoms with van der Waals surface area (Å²) in [7, 11) is 0. The number of ether oxygens (including phenoxy) is 1. The van der Waals surface area contributed by atoms with Gasteiger partial charge in [-0.15, -0.1) is 0 Å². The van der Waals surface area contributed by atoms with Gasteiger partial charge >= 0.3 is 0 Å². The maximum Gasteiger partial charge on any atom is 0.164 e. The van der Waals surface area contributed by atoms with Crippen LogP contribution in [0, 0.1) is 5.41 Å². The monoisotopic (exact) mass is 140 g/mol. The van der Waals surface area contributed by atoms with E-state index in [1.807, 2.05) is 0 Å². The fourth-order valence-corrected chi connectivity index (χ4v) is 1.77. The van der Waals surface area contributed by atoms with E-state index in [4.69, 9.17) is 4.74 Å². The molecular formula is C8H12O2. The van der Waals surface area contributed by atoms with E-state index in [-0.39, 0.29) is 17.6 Å². The Labute approximate surface area is 60.6 Å². The predicted octanol–water partition coefficient (Wildman–Crippen LogP) is 1.14. The first-order valence-corrected chi connectivity index (χ1v) is 3.77. The van der Waals surface area contributed by atoms with Gasteiger partial charge in [0.25, 0.3) is 0 Å². The van der Waals surface area contributed by atoms with Gasteiger partial charge in [-0.3, -0.25) is 4.79 Å². The van der Waals surface area contributed by atoms with Crippen molar-refractivity contribution in [2.45, 2.75) is 38.9 Å². The first kappa shape index (κ1) is 6.35. The standard InChI is InChI=1S/C8H12O2/c1-8(2)3-5(9)7-6(4-8)10-7/h6-7H,3-4H2,1-2H3/t6-,7+/m0/s1. The van der Waals surface area contributed by atoms with E-state index >= 15 is 0 Å². The molecule has 2 rings (SSSR count). The van der Waals surface area contributed by atoms with Crippen LogP contribution in [0.3, 0.4) is 0 Å². The number of carbonyl (C=O) groups is 1. The van der Waals surface area contributed by atoms with Crippen LogP contribution in [0.5, 0.6) is 0 Å². The van der Waals surface area contributed by atoms with Gasteiger partial charge in [-0.1, -0.05) is 13.8 Å². The van der Waals surface area contributed by atoms with Crippen molar-refractivity contribution in [3.05, 3.63) is 0 Å². The molecule has 0 aromatic heterocycles. The maximum atomic E-state index is 11.1. The highest BCUT2D eigenvalue weighted by Crippen LogP contribution is 2.43. The molecule has 2 aliphatic rings. The number of hydrogen-bond acceptors (Lipinski definition) is 2. The average Bonchev–Trinajstić information content (AvgIpc) is 2.40. The van der Waals surface area contributed by atoms with E-state index in [0.29, 0.717) is 12.2 Å². The summed E-state index contributed by atoms with van der Waals surface area (Å²) in [5, 5.41) is 0. The number of hydrogen-bond donors (Lipinski definition) is 0. The van der Waals surface area contributed by atoms with Gasteiger partial charge in [0.15, 0.2) is 5.78 Å². The fourth-order valence-electron chi connectivity index (χ4n) is 1.77. The summed E-state index contributed by atoms with van der Waals surface area (Å²) >= 11 is 0. The third kappa shape index (κ3) is 0.870. The summed E-state index contributed by atoms with van der Waals surface area (Å²) < 4.78 is 5.18. The average molecular weight is 140 g/mol. The smallest absolute Gasteiger partial charge is 0.164 e. The van der Waals surface area contributed by atoms with E-state index in [9.17, 15) is 4.79 Å². The molecule has 2 nitrogen and oxygen atoms in total. The molecule has 0 radical (unpaired) electrons. The Hall–Kier alpha value is -0.370. The molecule has 0 aromatic carbocycles. The minimum atomic E-state index is -0.00646. The Bertz CT molecular complexity index is 184. The topological polar surface area (TPSA) is 29.6 Å². The molecule has 1 aliphatic heterocycles. The lowest BCUT2D eigenvalue weighted by Gasteiger charge is -2.25. The zero-order valence-electron chi connectivity index (χ0n) is 6.39. The van der Waals surface area contributed by atoms with Gasteiger partial charge in [0.05, 0.1) is 6.10 Å². The van der Waals surface area contributed by atoms with Crippen LogP contribution in [-0.2, 0) is 9.53 Å². The molecule has 10 heavy (non-hydrogen) atoms. The van der Waals surface area contributed by atoms with E-state index in [0.717, 1.165) is 6.42 Å². The summed E-state index contributed by atoms with van der Waals surface area (Å²) in [5.41, 5.74) is 0.189. The second-order valence-corrected chi connectivity index (χ2v) is 4.11. The maximum absolute atomic E-state index is 11.1. The first-order valence-electron chi connectivity index (χ1n) is 3.77. The molecule has 1 saturated heterocycles. The molecule has 0 aromatic rings. The van der Waals surface area contributed by atoms with Gasteiger partial charge in [-0.25, -0.2) is 0 Å². The lowest BCUT2D eigenvalue weighted by atomic mass is 9.77. The normalized spacial score (nSPS) is 42.8. The van der Waals surface area contributed by atoms with Crippen molar-refractivity contribution >= 4 is 5.78 Å². The Morgan fingerprint density at radius 3 is 2.90 bits per heavy atom.